The fraction of sp³-hybridized carbons (Fsp3) is 0.0952. The first-order chi connectivity index (χ1) is 12.8. The molecule has 1 amide bonds. The van der Waals surface area contributed by atoms with Crippen molar-refractivity contribution in [2.24, 2.45) is 0 Å². The van der Waals surface area contributed by atoms with Crippen LogP contribution in [0.1, 0.15) is 15.9 Å². The number of hydrogen-bond acceptors (Lipinski definition) is 3. The van der Waals surface area contributed by atoms with E-state index in [2.05, 4.69) is 26.3 Å². The predicted octanol–water partition coefficient (Wildman–Crippen LogP) is 3.60. The van der Waals surface area contributed by atoms with E-state index >= 15 is 0 Å². The maximum absolute atomic E-state index is 12.3. The van der Waals surface area contributed by atoms with Gasteiger partial charge in [0.15, 0.2) is 0 Å². The minimum atomic E-state index is -0.120. The number of H-pyrrole nitrogens is 1. The van der Waals surface area contributed by atoms with Crippen LogP contribution < -0.4 is 5.32 Å². The summed E-state index contributed by atoms with van der Waals surface area (Å²) in [5.74, 6) is -0.120. The second-order valence-electron chi connectivity index (χ2n) is 6.01. The van der Waals surface area contributed by atoms with E-state index in [1.807, 2.05) is 48.7 Å². The van der Waals surface area contributed by atoms with E-state index < -0.39 is 0 Å². The van der Waals surface area contributed by atoms with Gasteiger partial charge >= 0.3 is 0 Å². The topological polar surface area (TPSA) is 70.7 Å². The fourth-order valence-electron chi connectivity index (χ4n) is 2.95. The molecule has 5 heteroatoms. The Kier molecular flexibility index (Phi) is 4.43. The van der Waals surface area contributed by atoms with Gasteiger partial charge in [0, 0.05) is 36.0 Å². The molecule has 26 heavy (non-hydrogen) atoms. The van der Waals surface area contributed by atoms with Crippen LogP contribution in [-0.2, 0) is 6.42 Å². The number of hydrogen-bond donors (Lipinski definition) is 2. The summed E-state index contributed by atoms with van der Waals surface area (Å²) in [5, 5.41) is 4.15. The first-order valence-corrected chi connectivity index (χ1v) is 8.52. The first kappa shape index (κ1) is 16.0. The van der Waals surface area contributed by atoms with Crippen molar-refractivity contribution in [3.63, 3.8) is 0 Å². The third-order valence-electron chi connectivity index (χ3n) is 4.31. The standard InChI is InChI=1S/C21H18N4O/c26-21(16-8-9-20(25-14-16)19-7-3-4-11-22-19)23-12-10-15-13-24-18-6-2-1-5-17(15)18/h1-9,11,13-14,24H,10,12H2,(H,23,26). The van der Waals surface area contributed by atoms with Crippen LogP contribution in [0.2, 0.25) is 0 Å². The zero-order valence-corrected chi connectivity index (χ0v) is 14.1. The van der Waals surface area contributed by atoms with Crippen LogP contribution in [-0.4, -0.2) is 27.4 Å². The highest BCUT2D eigenvalue weighted by Gasteiger charge is 2.08. The monoisotopic (exact) mass is 342 g/mol. The van der Waals surface area contributed by atoms with Crippen molar-refractivity contribution < 1.29 is 4.79 Å². The Morgan fingerprint density at radius 3 is 2.62 bits per heavy atom. The molecule has 0 atom stereocenters. The summed E-state index contributed by atoms with van der Waals surface area (Å²) in [7, 11) is 0. The van der Waals surface area contributed by atoms with Crippen molar-refractivity contribution >= 4 is 16.8 Å². The van der Waals surface area contributed by atoms with Crippen LogP contribution in [0, 0.1) is 0 Å². The van der Waals surface area contributed by atoms with Gasteiger partial charge in [-0.25, -0.2) is 0 Å². The number of aromatic nitrogens is 3. The fourth-order valence-corrected chi connectivity index (χ4v) is 2.95. The lowest BCUT2D eigenvalue weighted by molar-refractivity contribution is 0.0954. The molecule has 128 valence electrons. The van der Waals surface area contributed by atoms with Gasteiger partial charge in [0.05, 0.1) is 17.0 Å². The molecule has 2 N–H and O–H groups in total. The number of aromatic amines is 1. The van der Waals surface area contributed by atoms with Gasteiger partial charge in [0.25, 0.3) is 5.91 Å². The van der Waals surface area contributed by atoms with Gasteiger partial charge in [-0.05, 0) is 42.3 Å². The van der Waals surface area contributed by atoms with Crippen molar-refractivity contribution in [3.8, 4) is 11.4 Å². The third kappa shape index (κ3) is 3.32. The number of amides is 1. The number of carbonyl (C=O) groups is 1. The number of nitrogens with one attached hydrogen (secondary N) is 2. The average Bonchev–Trinajstić information content (AvgIpc) is 3.12. The highest BCUT2D eigenvalue weighted by molar-refractivity contribution is 5.94. The molecule has 5 nitrogen and oxygen atoms in total. The highest BCUT2D eigenvalue weighted by Crippen LogP contribution is 2.18. The SMILES string of the molecule is O=C(NCCc1c[nH]c2ccccc12)c1ccc(-c2ccccn2)nc1. The summed E-state index contributed by atoms with van der Waals surface area (Å²) in [6.45, 7) is 0.572. The Balaban J connectivity index is 1.37. The van der Waals surface area contributed by atoms with Crippen LogP contribution in [0.25, 0.3) is 22.3 Å². The van der Waals surface area contributed by atoms with Crippen molar-refractivity contribution in [2.75, 3.05) is 6.54 Å². The molecule has 1 aromatic carbocycles. The molecule has 0 saturated carbocycles. The Labute approximate surface area is 151 Å². The van der Waals surface area contributed by atoms with Gasteiger partial charge in [0.1, 0.15) is 0 Å². The minimum absolute atomic E-state index is 0.120. The molecule has 0 aliphatic rings. The number of nitrogens with zero attached hydrogens (tertiary/aromatic N) is 2. The normalized spacial score (nSPS) is 10.8. The second kappa shape index (κ2) is 7.19. The summed E-state index contributed by atoms with van der Waals surface area (Å²) < 4.78 is 0. The molecule has 0 saturated heterocycles. The van der Waals surface area contributed by atoms with Gasteiger partial charge in [-0.2, -0.15) is 0 Å². The Morgan fingerprint density at radius 2 is 1.81 bits per heavy atom. The van der Waals surface area contributed by atoms with E-state index in [9.17, 15) is 4.79 Å². The molecule has 0 aliphatic carbocycles. The van der Waals surface area contributed by atoms with Crippen molar-refractivity contribution in [2.45, 2.75) is 6.42 Å². The summed E-state index contributed by atoms with van der Waals surface area (Å²) in [6.07, 6.45) is 6.09. The minimum Gasteiger partial charge on any atom is -0.361 e. The zero-order valence-electron chi connectivity index (χ0n) is 14.1. The maximum Gasteiger partial charge on any atom is 0.252 e. The van der Waals surface area contributed by atoms with Gasteiger partial charge in [-0.15, -0.1) is 0 Å². The summed E-state index contributed by atoms with van der Waals surface area (Å²) in [6, 6.07) is 17.4. The molecule has 0 bridgehead atoms. The van der Waals surface area contributed by atoms with Gasteiger partial charge in [0.2, 0.25) is 0 Å². The lowest BCUT2D eigenvalue weighted by Crippen LogP contribution is -2.25. The number of benzene rings is 1. The van der Waals surface area contributed by atoms with Crippen molar-refractivity contribution in [1.82, 2.24) is 20.3 Å². The summed E-state index contributed by atoms with van der Waals surface area (Å²) in [4.78, 5) is 24.2. The molecule has 4 rings (SSSR count). The van der Waals surface area contributed by atoms with Gasteiger partial charge in [-0.1, -0.05) is 24.3 Å². The van der Waals surface area contributed by atoms with E-state index in [1.54, 1.807) is 18.5 Å². The average molecular weight is 342 g/mol. The molecular formula is C21H18N4O. The Morgan fingerprint density at radius 1 is 0.962 bits per heavy atom. The number of rotatable bonds is 5. The molecule has 4 aromatic rings. The third-order valence-corrected chi connectivity index (χ3v) is 4.31. The molecule has 3 heterocycles. The van der Waals surface area contributed by atoms with Crippen LogP contribution in [0.15, 0.2) is 73.2 Å². The van der Waals surface area contributed by atoms with Crippen molar-refractivity contribution in [1.29, 1.82) is 0 Å². The number of para-hydroxylation sites is 1. The Hall–Kier alpha value is -3.47. The Bertz CT molecular complexity index is 1020. The van der Waals surface area contributed by atoms with E-state index in [0.717, 1.165) is 23.3 Å². The lowest BCUT2D eigenvalue weighted by atomic mass is 10.1. The van der Waals surface area contributed by atoms with E-state index in [0.29, 0.717) is 12.1 Å². The number of carbonyl (C=O) groups excluding carboxylic acids is 1. The second-order valence-corrected chi connectivity index (χ2v) is 6.01. The highest BCUT2D eigenvalue weighted by atomic mass is 16.1. The molecule has 3 aromatic heterocycles. The molecule has 0 fully saturated rings. The quantitative estimate of drug-likeness (QED) is 0.582. The molecule has 0 unspecified atom stereocenters. The number of fused-ring (bicyclic) bond motifs is 1. The molecule has 0 radical (unpaired) electrons. The van der Waals surface area contributed by atoms with Crippen LogP contribution >= 0.6 is 0 Å². The summed E-state index contributed by atoms with van der Waals surface area (Å²) in [5.41, 5.74) is 4.40. The predicted molar refractivity (Wildman–Crippen MR) is 102 cm³/mol. The van der Waals surface area contributed by atoms with Crippen LogP contribution in [0.4, 0.5) is 0 Å². The number of pyridine rings is 2. The lowest BCUT2D eigenvalue weighted by Gasteiger charge is -2.06. The van der Waals surface area contributed by atoms with E-state index in [4.69, 9.17) is 0 Å². The van der Waals surface area contributed by atoms with Gasteiger partial charge < -0.3 is 10.3 Å². The van der Waals surface area contributed by atoms with E-state index in [1.165, 1.54) is 10.9 Å². The smallest absolute Gasteiger partial charge is 0.252 e. The van der Waals surface area contributed by atoms with Crippen molar-refractivity contribution in [3.05, 3.63) is 84.3 Å². The van der Waals surface area contributed by atoms with Crippen LogP contribution in [0.3, 0.4) is 0 Å². The van der Waals surface area contributed by atoms with E-state index in [-0.39, 0.29) is 5.91 Å². The molecule has 0 aliphatic heterocycles. The largest absolute Gasteiger partial charge is 0.361 e. The maximum atomic E-state index is 12.3. The summed E-state index contributed by atoms with van der Waals surface area (Å²) >= 11 is 0. The zero-order chi connectivity index (χ0) is 17.8. The van der Waals surface area contributed by atoms with Gasteiger partial charge in [-0.3, -0.25) is 14.8 Å². The first-order valence-electron chi connectivity index (χ1n) is 8.52. The van der Waals surface area contributed by atoms with Crippen LogP contribution in [0.5, 0.6) is 0 Å². The molecule has 0 spiro atoms. The molecular weight excluding hydrogens is 324 g/mol.